The molecule has 1 aromatic carbocycles. The molecule has 0 unspecified atom stereocenters. The molecule has 1 fully saturated rings. The molecular weight excluding hydrogens is 383 g/mol. The summed E-state index contributed by atoms with van der Waals surface area (Å²) >= 11 is 0. The van der Waals surface area contributed by atoms with Crippen molar-refractivity contribution in [3.8, 4) is 0 Å². The average molecular weight is 417 g/mol. The van der Waals surface area contributed by atoms with Crippen LogP contribution >= 0.6 is 0 Å². The van der Waals surface area contributed by atoms with Crippen LogP contribution in [0, 0.1) is 5.82 Å². The summed E-state index contributed by atoms with van der Waals surface area (Å²) in [7, 11) is 1.76. The molecule has 0 spiro atoms. The Hall–Kier alpha value is -2.61. The topological polar surface area (TPSA) is 68.9 Å². The smallest absolute Gasteiger partial charge is 0.191 e. The number of guanidine groups is 1. The Labute approximate surface area is 178 Å². The molecule has 3 rings (SSSR count). The van der Waals surface area contributed by atoms with Crippen LogP contribution in [0.4, 0.5) is 10.1 Å². The minimum Gasteiger partial charge on any atom is -0.367 e. The lowest BCUT2D eigenvalue weighted by molar-refractivity contribution is 0.254. The summed E-state index contributed by atoms with van der Waals surface area (Å²) in [6.07, 6.45) is 1.01. The van der Waals surface area contributed by atoms with Crippen LogP contribution in [0.25, 0.3) is 0 Å². The first-order chi connectivity index (χ1) is 14.6. The molecule has 7 nitrogen and oxygen atoms in total. The van der Waals surface area contributed by atoms with Crippen molar-refractivity contribution in [3.05, 3.63) is 47.6 Å². The minimum absolute atomic E-state index is 0.139. The van der Waals surface area contributed by atoms with Crippen molar-refractivity contribution in [2.45, 2.75) is 32.7 Å². The minimum atomic E-state index is -0.139. The number of benzene rings is 1. The number of piperazine rings is 1. The highest BCUT2D eigenvalue weighted by atomic mass is 19.1. The third-order valence-electron chi connectivity index (χ3n) is 5.33. The van der Waals surface area contributed by atoms with Crippen LogP contribution in [0.5, 0.6) is 0 Å². The first-order valence-electron chi connectivity index (χ1n) is 10.7. The van der Waals surface area contributed by atoms with E-state index >= 15 is 0 Å². The number of halogens is 1. The van der Waals surface area contributed by atoms with E-state index in [0.717, 1.165) is 63.1 Å². The number of hydrogen-bond acceptors (Lipinski definition) is 5. The molecular formula is C22H33FN6O. The van der Waals surface area contributed by atoms with Gasteiger partial charge >= 0.3 is 0 Å². The van der Waals surface area contributed by atoms with Gasteiger partial charge in [-0.3, -0.25) is 9.89 Å². The van der Waals surface area contributed by atoms with Gasteiger partial charge in [0, 0.05) is 45.8 Å². The van der Waals surface area contributed by atoms with Gasteiger partial charge < -0.3 is 20.1 Å². The van der Waals surface area contributed by atoms with Crippen molar-refractivity contribution >= 4 is 11.6 Å². The number of hydrogen-bond donors (Lipinski definition) is 2. The third-order valence-corrected chi connectivity index (χ3v) is 5.33. The zero-order chi connectivity index (χ0) is 21.3. The molecule has 1 aliphatic heterocycles. The summed E-state index contributed by atoms with van der Waals surface area (Å²) in [4.78, 5) is 8.81. The van der Waals surface area contributed by atoms with E-state index in [-0.39, 0.29) is 5.82 Å². The molecule has 0 atom stereocenters. The number of rotatable bonds is 8. The molecule has 2 aromatic rings. The largest absolute Gasteiger partial charge is 0.367 e. The standard InChI is InChI=1S/C22H33FN6O/c1-17(2)20-15-18(30-27-20)16-26-22(24-3)25-9-6-10-28-11-13-29(14-12-28)21-8-5-4-7-19(21)23/h4-5,7-8,15,17H,6,9-14,16H2,1-3H3,(H2,24,25,26). The Morgan fingerprint density at radius 2 is 1.97 bits per heavy atom. The first kappa shape index (κ1) is 22.1. The van der Waals surface area contributed by atoms with Crippen molar-refractivity contribution in [1.29, 1.82) is 0 Å². The monoisotopic (exact) mass is 416 g/mol. The highest BCUT2D eigenvalue weighted by Gasteiger charge is 2.18. The van der Waals surface area contributed by atoms with E-state index in [1.807, 2.05) is 18.2 Å². The Morgan fingerprint density at radius 1 is 1.20 bits per heavy atom. The Morgan fingerprint density at radius 3 is 2.63 bits per heavy atom. The Balaban J connectivity index is 1.32. The average Bonchev–Trinajstić information content (AvgIpc) is 3.24. The van der Waals surface area contributed by atoms with Gasteiger partial charge in [0.1, 0.15) is 5.82 Å². The summed E-state index contributed by atoms with van der Waals surface area (Å²) in [5, 5.41) is 10.7. The van der Waals surface area contributed by atoms with Crippen LogP contribution in [0.1, 0.15) is 37.6 Å². The fourth-order valence-electron chi connectivity index (χ4n) is 3.51. The molecule has 0 aliphatic carbocycles. The van der Waals surface area contributed by atoms with Crippen LogP contribution in [-0.2, 0) is 6.54 Å². The normalized spacial score (nSPS) is 15.6. The molecule has 2 N–H and O–H groups in total. The lowest BCUT2D eigenvalue weighted by Gasteiger charge is -2.36. The van der Waals surface area contributed by atoms with Crippen LogP contribution in [-0.4, -0.2) is 62.3 Å². The maximum atomic E-state index is 13.9. The van der Waals surface area contributed by atoms with Crippen molar-refractivity contribution in [2.24, 2.45) is 4.99 Å². The third kappa shape index (κ3) is 6.19. The Bertz CT molecular complexity index is 813. The van der Waals surface area contributed by atoms with Gasteiger partial charge in [0.25, 0.3) is 0 Å². The summed E-state index contributed by atoms with van der Waals surface area (Å²) < 4.78 is 19.3. The second-order valence-electron chi connectivity index (χ2n) is 7.86. The number of para-hydroxylation sites is 1. The second-order valence-corrected chi connectivity index (χ2v) is 7.86. The molecule has 2 heterocycles. The van der Waals surface area contributed by atoms with Crippen LogP contribution in [0.3, 0.4) is 0 Å². The molecule has 0 amide bonds. The van der Waals surface area contributed by atoms with Crippen LogP contribution in [0.15, 0.2) is 39.8 Å². The van der Waals surface area contributed by atoms with Gasteiger partial charge in [-0.1, -0.05) is 31.1 Å². The second kappa shape index (κ2) is 11.0. The molecule has 8 heteroatoms. The summed E-state index contributed by atoms with van der Waals surface area (Å²) in [6, 6.07) is 8.99. The number of anilines is 1. The maximum Gasteiger partial charge on any atom is 0.191 e. The summed E-state index contributed by atoms with van der Waals surface area (Å²) in [5.41, 5.74) is 1.67. The zero-order valence-electron chi connectivity index (χ0n) is 18.2. The van der Waals surface area contributed by atoms with Gasteiger partial charge in [-0.15, -0.1) is 0 Å². The molecule has 0 bridgehead atoms. The SMILES string of the molecule is CN=C(NCCCN1CCN(c2ccccc2F)CC1)NCc1cc(C(C)C)no1. The number of nitrogens with zero attached hydrogens (tertiary/aromatic N) is 4. The summed E-state index contributed by atoms with van der Waals surface area (Å²) in [6.45, 7) is 10.2. The van der Waals surface area contributed by atoms with Gasteiger partial charge in [-0.2, -0.15) is 0 Å². The Kier molecular flexibility index (Phi) is 8.07. The van der Waals surface area contributed by atoms with Gasteiger partial charge in [-0.25, -0.2) is 4.39 Å². The van der Waals surface area contributed by atoms with Gasteiger partial charge in [0.05, 0.1) is 17.9 Å². The summed E-state index contributed by atoms with van der Waals surface area (Å²) in [5.74, 6) is 1.77. The van der Waals surface area contributed by atoms with Crippen molar-refractivity contribution in [3.63, 3.8) is 0 Å². The van der Waals surface area contributed by atoms with Crippen molar-refractivity contribution in [1.82, 2.24) is 20.7 Å². The van der Waals surface area contributed by atoms with Crippen LogP contribution in [0.2, 0.25) is 0 Å². The molecule has 164 valence electrons. The molecule has 1 aromatic heterocycles. The molecule has 0 radical (unpaired) electrons. The van der Waals surface area contributed by atoms with E-state index in [2.05, 4.69) is 44.4 Å². The molecule has 0 saturated carbocycles. The van der Waals surface area contributed by atoms with Gasteiger partial charge in [0.15, 0.2) is 11.7 Å². The highest BCUT2D eigenvalue weighted by molar-refractivity contribution is 5.79. The van der Waals surface area contributed by atoms with Gasteiger partial charge in [0.2, 0.25) is 0 Å². The van der Waals surface area contributed by atoms with Crippen molar-refractivity contribution in [2.75, 3.05) is 51.2 Å². The molecule has 1 aliphatic rings. The fourth-order valence-corrected chi connectivity index (χ4v) is 3.51. The first-order valence-corrected chi connectivity index (χ1v) is 10.7. The zero-order valence-corrected chi connectivity index (χ0v) is 18.2. The number of aromatic nitrogens is 1. The van der Waals surface area contributed by atoms with E-state index in [1.165, 1.54) is 6.07 Å². The fraction of sp³-hybridized carbons (Fsp3) is 0.545. The van der Waals surface area contributed by atoms with E-state index in [9.17, 15) is 4.39 Å². The van der Waals surface area contributed by atoms with Gasteiger partial charge in [-0.05, 0) is 31.0 Å². The van der Waals surface area contributed by atoms with Crippen molar-refractivity contribution < 1.29 is 8.91 Å². The lowest BCUT2D eigenvalue weighted by atomic mass is 10.1. The predicted octanol–water partition coefficient (Wildman–Crippen LogP) is 2.81. The molecule has 30 heavy (non-hydrogen) atoms. The van der Waals surface area contributed by atoms with E-state index in [1.54, 1.807) is 13.1 Å². The number of aliphatic imine (C=N–C) groups is 1. The highest BCUT2D eigenvalue weighted by Crippen LogP contribution is 2.20. The van der Waals surface area contributed by atoms with E-state index in [4.69, 9.17) is 4.52 Å². The quantitative estimate of drug-likeness (QED) is 0.392. The van der Waals surface area contributed by atoms with E-state index in [0.29, 0.717) is 18.2 Å². The lowest BCUT2D eigenvalue weighted by Crippen LogP contribution is -2.47. The predicted molar refractivity (Wildman–Crippen MR) is 118 cm³/mol. The maximum absolute atomic E-state index is 13.9. The number of nitrogens with one attached hydrogen (secondary N) is 2. The molecule has 1 saturated heterocycles. The van der Waals surface area contributed by atoms with Crippen LogP contribution < -0.4 is 15.5 Å². The van der Waals surface area contributed by atoms with E-state index < -0.39 is 0 Å².